The molecule has 2 aliphatic rings. The minimum atomic E-state index is -3.03. The van der Waals surface area contributed by atoms with Gasteiger partial charge in [-0.2, -0.15) is 0 Å². The molecule has 2 aromatic rings. The molecule has 1 N–H and O–H groups in total. The fourth-order valence-electron chi connectivity index (χ4n) is 5.34. The highest BCUT2D eigenvalue weighted by atomic mass is 35.5. The largest absolute Gasteiger partial charge is 0.301 e. The van der Waals surface area contributed by atoms with Crippen molar-refractivity contribution >= 4 is 21.6 Å². The van der Waals surface area contributed by atoms with Crippen LogP contribution in [0.1, 0.15) is 81.4 Å². The molecule has 2 aromatic carbocycles. The first-order chi connectivity index (χ1) is 18.0. The minimum Gasteiger partial charge on any atom is -0.301 e. The highest BCUT2D eigenvalue weighted by Gasteiger charge is 2.27. The molecule has 0 aromatic heterocycles. The lowest BCUT2D eigenvalue weighted by molar-refractivity contribution is 0.108. The summed E-state index contributed by atoms with van der Waals surface area (Å²) in [4.78, 5) is 5.23. The Labute approximate surface area is 229 Å². The maximum Gasteiger partial charge on any atom is 0.211 e. The average Bonchev–Trinajstić information content (AvgIpc) is 3.71. The topological polar surface area (TPSA) is 52.7 Å². The van der Waals surface area contributed by atoms with Gasteiger partial charge in [-0.3, -0.25) is 4.90 Å². The smallest absolute Gasteiger partial charge is 0.211 e. The molecule has 0 amide bonds. The van der Waals surface area contributed by atoms with Crippen LogP contribution in [0.3, 0.4) is 0 Å². The van der Waals surface area contributed by atoms with Crippen molar-refractivity contribution < 1.29 is 8.42 Å². The molecule has 0 spiro atoms. The van der Waals surface area contributed by atoms with Crippen LogP contribution in [0.4, 0.5) is 0 Å². The normalized spacial score (nSPS) is 18.2. The predicted octanol–water partition coefficient (Wildman–Crippen LogP) is 6.25. The monoisotopic (exact) mass is 545 g/mol. The number of halogens is 1. The van der Waals surface area contributed by atoms with E-state index in [0.29, 0.717) is 5.75 Å². The zero-order valence-corrected chi connectivity index (χ0v) is 23.7. The number of piperazine rings is 1. The van der Waals surface area contributed by atoms with Crippen molar-refractivity contribution in [1.29, 1.82) is 0 Å². The quantitative estimate of drug-likeness (QED) is 0.253. The van der Waals surface area contributed by atoms with Gasteiger partial charge in [0.25, 0.3) is 0 Å². The Morgan fingerprint density at radius 2 is 1.32 bits per heavy atom. The van der Waals surface area contributed by atoms with E-state index in [1.54, 1.807) is 0 Å². The molecule has 0 bridgehead atoms. The summed E-state index contributed by atoms with van der Waals surface area (Å²) < 4.78 is 26.5. The van der Waals surface area contributed by atoms with Gasteiger partial charge in [-0.15, -0.1) is 0 Å². The van der Waals surface area contributed by atoms with Crippen LogP contribution in [0.15, 0.2) is 54.6 Å². The van der Waals surface area contributed by atoms with Gasteiger partial charge in [0.05, 0.1) is 11.8 Å². The highest BCUT2D eigenvalue weighted by molar-refractivity contribution is 7.89. The molecule has 0 radical (unpaired) electrons. The Hall–Kier alpha value is -1.44. The van der Waals surface area contributed by atoms with E-state index < -0.39 is 10.0 Å². The molecule has 5 nitrogen and oxygen atoms in total. The molecule has 37 heavy (non-hydrogen) atoms. The summed E-state index contributed by atoms with van der Waals surface area (Å²) in [5, 5.41) is 0.785. The van der Waals surface area contributed by atoms with Crippen LogP contribution >= 0.6 is 11.6 Å². The summed E-state index contributed by atoms with van der Waals surface area (Å²) in [6, 6.07) is 19.7. The van der Waals surface area contributed by atoms with Crippen LogP contribution in [0.5, 0.6) is 0 Å². The van der Waals surface area contributed by atoms with Gasteiger partial charge in [0.2, 0.25) is 10.0 Å². The number of sulfonamides is 1. The van der Waals surface area contributed by atoms with Crippen molar-refractivity contribution in [2.24, 2.45) is 0 Å². The summed E-state index contributed by atoms with van der Waals surface area (Å²) >= 11 is 6.16. The van der Waals surface area contributed by atoms with E-state index in [9.17, 15) is 8.42 Å². The first-order valence-electron chi connectivity index (χ1n) is 14.3. The van der Waals surface area contributed by atoms with Crippen molar-refractivity contribution in [1.82, 2.24) is 14.5 Å². The SMILES string of the molecule is O=S(=O)(CCCCCCCCCCN1CCN(C(c2ccccc2)c2ccc(Cl)cc2)CC1)NC1CC1. The lowest BCUT2D eigenvalue weighted by atomic mass is 9.96. The molecule has 1 aliphatic carbocycles. The summed E-state index contributed by atoms with van der Waals surface area (Å²) in [6.07, 6.45) is 11.3. The second-order valence-corrected chi connectivity index (χ2v) is 13.1. The molecule has 1 unspecified atom stereocenters. The number of nitrogens with zero attached hydrogens (tertiary/aromatic N) is 2. The van der Waals surface area contributed by atoms with Gasteiger partial charge in [0.1, 0.15) is 0 Å². The van der Waals surface area contributed by atoms with E-state index in [2.05, 4.69) is 57.0 Å². The van der Waals surface area contributed by atoms with Crippen LogP contribution < -0.4 is 4.72 Å². The molecule has 1 saturated carbocycles. The number of hydrogen-bond donors (Lipinski definition) is 1. The van der Waals surface area contributed by atoms with Gasteiger partial charge < -0.3 is 4.90 Å². The maximum absolute atomic E-state index is 11.9. The van der Waals surface area contributed by atoms with Crippen molar-refractivity contribution in [3.8, 4) is 0 Å². The molecule has 1 heterocycles. The van der Waals surface area contributed by atoms with Crippen LogP contribution in [-0.2, 0) is 10.0 Å². The van der Waals surface area contributed by atoms with Crippen LogP contribution in [-0.4, -0.2) is 62.7 Å². The van der Waals surface area contributed by atoms with E-state index in [0.717, 1.165) is 63.3 Å². The van der Waals surface area contributed by atoms with Gasteiger partial charge in [-0.05, 0) is 55.5 Å². The Balaban J connectivity index is 1.08. The van der Waals surface area contributed by atoms with E-state index in [1.165, 1.54) is 49.8 Å². The second-order valence-electron chi connectivity index (χ2n) is 10.8. The van der Waals surface area contributed by atoms with Crippen molar-refractivity contribution in [3.63, 3.8) is 0 Å². The average molecular weight is 546 g/mol. The highest BCUT2D eigenvalue weighted by Crippen LogP contribution is 2.30. The van der Waals surface area contributed by atoms with Crippen molar-refractivity contribution in [3.05, 3.63) is 70.7 Å². The fraction of sp³-hybridized carbons (Fsp3) is 0.600. The Kier molecular flexibility index (Phi) is 11.3. The zero-order chi connectivity index (χ0) is 25.9. The van der Waals surface area contributed by atoms with Gasteiger partial charge in [0.15, 0.2) is 0 Å². The third-order valence-corrected chi connectivity index (χ3v) is 9.40. The molecule has 4 rings (SSSR count). The van der Waals surface area contributed by atoms with Crippen molar-refractivity contribution in [2.45, 2.75) is 76.3 Å². The van der Waals surface area contributed by atoms with Crippen molar-refractivity contribution in [2.75, 3.05) is 38.5 Å². The molecular weight excluding hydrogens is 502 g/mol. The summed E-state index contributed by atoms with van der Waals surface area (Å²) in [5.74, 6) is 0.294. The zero-order valence-electron chi connectivity index (χ0n) is 22.2. The first-order valence-corrected chi connectivity index (χ1v) is 16.3. The summed E-state index contributed by atoms with van der Waals surface area (Å²) in [7, 11) is -3.03. The third-order valence-electron chi connectivity index (χ3n) is 7.63. The molecular formula is C30H44ClN3O2S. The summed E-state index contributed by atoms with van der Waals surface area (Å²) in [5.41, 5.74) is 2.65. The number of nitrogens with one attached hydrogen (secondary N) is 1. The number of rotatable bonds is 16. The Bertz CT molecular complexity index is 1020. The predicted molar refractivity (Wildman–Crippen MR) is 155 cm³/mol. The Morgan fingerprint density at radius 1 is 0.757 bits per heavy atom. The molecule has 204 valence electrons. The molecule has 1 aliphatic heterocycles. The van der Waals surface area contributed by atoms with Crippen LogP contribution in [0.25, 0.3) is 0 Å². The molecule has 1 saturated heterocycles. The molecule has 1 atom stereocenters. The van der Waals surface area contributed by atoms with Gasteiger partial charge in [-0.25, -0.2) is 13.1 Å². The third kappa shape index (κ3) is 9.99. The maximum atomic E-state index is 11.9. The van der Waals surface area contributed by atoms with Crippen LogP contribution in [0, 0.1) is 0 Å². The van der Waals surface area contributed by atoms with E-state index in [4.69, 9.17) is 11.6 Å². The van der Waals surface area contributed by atoms with E-state index in [1.807, 2.05) is 12.1 Å². The number of benzene rings is 2. The van der Waals surface area contributed by atoms with Gasteiger partial charge in [-0.1, -0.05) is 92.6 Å². The second kappa shape index (κ2) is 14.6. The molecule has 2 fully saturated rings. The Morgan fingerprint density at radius 3 is 1.95 bits per heavy atom. The van der Waals surface area contributed by atoms with Crippen LogP contribution in [0.2, 0.25) is 5.02 Å². The molecule has 7 heteroatoms. The van der Waals surface area contributed by atoms with E-state index >= 15 is 0 Å². The summed E-state index contributed by atoms with van der Waals surface area (Å²) in [6.45, 7) is 5.59. The minimum absolute atomic E-state index is 0.231. The van der Waals surface area contributed by atoms with Gasteiger partial charge >= 0.3 is 0 Å². The number of unbranched alkanes of at least 4 members (excludes halogenated alkanes) is 7. The lowest BCUT2D eigenvalue weighted by Gasteiger charge is -2.40. The number of hydrogen-bond acceptors (Lipinski definition) is 4. The lowest BCUT2D eigenvalue weighted by Crippen LogP contribution is -2.48. The van der Waals surface area contributed by atoms with E-state index in [-0.39, 0.29) is 12.1 Å². The standard InChI is InChI=1S/C30H44ClN3O2S/c31-28-16-14-27(15-17-28)30(26-12-8-7-9-13-26)34-23-21-33(22-24-34)20-10-5-3-1-2-4-6-11-25-37(35,36)32-29-18-19-29/h7-9,12-17,29-30,32H,1-6,10-11,18-25H2. The van der Waals surface area contributed by atoms with Gasteiger partial charge in [0, 0.05) is 37.2 Å². The fourth-order valence-corrected chi connectivity index (χ4v) is 6.91. The first kappa shape index (κ1) is 28.6.